The van der Waals surface area contributed by atoms with Crippen molar-refractivity contribution < 1.29 is 17.9 Å². The van der Waals surface area contributed by atoms with Crippen LogP contribution in [0.2, 0.25) is 0 Å². The molecule has 0 spiro atoms. The number of guanidine groups is 1. The summed E-state index contributed by atoms with van der Waals surface area (Å²) >= 11 is 0. The van der Waals surface area contributed by atoms with Gasteiger partial charge in [-0.25, -0.2) is 0 Å². The summed E-state index contributed by atoms with van der Waals surface area (Å²) in [4.78, 5) is 6.45. The molecule has 2 rings (SSSR count). The van der Waals surface area contributed by atoms with Gasteiger partial charge < -0.3 is 15.4 Å². The van der Waals surface area contributed by atoms with Crippen molar-refractivity contribution >= 4 is 5.96 Å². The Bertz CT molecular complexity index is 596. The molecular weight excluding hydrogens is 357 g/mol. The molecule has 1 aliphatic heterocycles. The fraction of sp³-hybridized carbons (Fsp3) is 0.632. The first-order chi connectivity index (χ1) is 12.8. The molecule has 1 saturated heterocycles. The van der Waals surface area contributed by atoms with Gasteiger partial charge in [-0.2, -0.15) is 13.2 Å². The lowest BCUT2D eigenvalue weighted by Crippen LogP contribution is -2.46. The van der Waals surface area contributed by atoms with Crippen molar-refractivity contribution in [3.8, 4) is 0 Å². The van der Waals surface area contributed by atoms with Gasteiger partial charge in [0.25, 0.3) is 0 Å². The van der Waals surface area contributed by atoms with Crippen molar-refractivity contribution in [3.05, 3.63) is 35.4 Å². The zero-order chi connectivity index (χ0) is 19.9. The zero-order valence-corrected chi connectivity index (χ0v) is 16.1. The number of hydrogen-bond donors (Lipinski definition) is 2. The number of aliphatic imine (C=N–C) groups is 1. The molecule has 152 valence electrons. The minimum atomic E-state index is -4.33. The minimum absolute atomic E-state index is 0.0613. The molecule has 1 unspecified atom stereocenters. The second kappa shape index (κ2) is 9.94. The Kier molecular flexibility index (Phi) is 7.91. The van der Waals surface area contributed by atoms with Gasteiger partial charge in [-0.05, 0) is 23.6 Å². The summed E-state index contributed by atoms with van der Waals surface area (Å²) in [6.45, 7) is 8.29. The Hall–Kier alpha value is -1.80. The molecule has 1 aromatic carbocycles. The molecule has 1 aliphatic rings. The number of hydrogen-bond acceptors (Lipinski definition) is 3. The summed E-state index contributed by atoms with van der Waals surface area (Å²) in [6.07, 6.45) is -4.33. The molecule has 0 saturated carbocycles. The van der Waals surface area contributed by atoms with Crippen LogP contribution in [-0.4, -0.2) is 57.3 Å². The van der Waals surface area contributed by atoms with Crippen LogP contribution in [0.4, 0.5) is 13.2 Å². The highest BCUT2D eigenvalue weighted by Gasteiger charge is 2.31. The Morgan fingerprint density at radius 2 is 1.70 bits per heavy atom. The molecule has 0 aliphatic carbocycles. The first-order valence-corrected chi connectivity index (χ1v) is 9.24. The normalized spacial score (nSPS) is 17.8. The fourth-order valence-electron chi connectivity index (χ4n) is 2.96. The standard InChI is InChI=1S/C19H29F3N4O/c1-14(2)12-24-18(23-3)25-13-17(26-8-10-27-11-9-26)15-4-6-16(7-5-15)19(20,21)22/h4-7,14,17H,8-13H2,1-3H3,(H2,23,24,25). The Morgan fingerprint density at radius 3 is 2.22 bits per heavy atom. The van der Waals surface area contributed by atoms with E-state index in [4.69, 9.17) is 4.74 Å². The van der Waals surface area contributed by atoms with Gasteiger partial charge in [0.2, 0.25) is 0 Å². The third-order valence-electron chi connectivity index (χ3n) is 4.47. The topological polar surface area (TPSA) is 48.9 Å². The summed E-state index contributed by atoms with van der Waals surface area (Å²) < 4.78 is 44.0. The summed E-state index contributed by atoms with van der Waals surface area (Å²) in [7, 11) is 1.71. The predicted octanol–water partition coefficient (Wildman–Crippen LogP) is 2.90. The van der Waals surface area contributed by atoms with Crippen LogP contribution in [0.25, 0.3) is 0 Å². The Morgan fingerprint density at radius 1 is 1.11 bits per heavy atom. The van der Waals surface area contributed by atoms with Crippen LogP contribution in [0.3, 0.4) is 0 Å². The van der Waals surface area contributed by atoms with Crippen LogP contribution in [0, 0.1) is 5.92 Å². The smallest absolute Gasteiger partial charge is 0.379 e. The van der Waals surface area contributed by atoms with Crippen LogP contribution < -0.4 is 10.6 Å². The molecule has 2 N–H and O–H groups in total. The molecule has 5 nitrogen and oxygen atoms in total. The van der Waals surface area contributed by atoms with Gasteiger partial charge in [0.05, 0.1) is 24.8 Å². The van der Waals surface area contributed by atoms with E-state index in [2.05, 4.69) is 34.4 Å². The van der Waals surface area contributed by atoms with E-state index in [1.807, 2.05) is 0 Å². The van der Waals surface area contributed by atoms with Gasteiger partial charge in [-0.3, -0.25) is 9.89 Å². The summed E-state index contributed by atoms with van der Waals surface area (Å²) in [5.74, 6) is 1.17. The quantitative estimate of drug-likeness (QED) is 0.583. The van der Waals surface area contributed by atoms with Gasteiger partial charge in [-0.15, -0.1) is 0 Å². The van der Waals surface area contributed by atoms with E-state index in [1.165, 1.54) is 0 Å². The van der Waals surface area contributed by atoms with Crippen LogP contribution in [-0.2, 0) is 10.9 Å². The van der Waals surface area contributed by atoms with Crippen LogP contribution in [0.15, 0.2) is 29.3 Å². The van der Waals surface area contributed by atoms with Gasteiger partial charge in [0.1, 0.15) is 0 Å². The molecule has 8 heteroatoms. The van der Waals surface area contributed by atoms with Crippen molar-refractivity contribution in [2.24, 2.45) is 10.9 Å². The van der Waals surface area contributed by atoms with Crippen molar-refractivity contribution in [2.75, 3.05) is 46.4 Å². The van der Waals surface area contributed by atoms with E-state index >= 15 is 0 Å². The third-order valence-corrected chi connectivity index (χ3v) is 4.47. The number of benzene rings is 1. The number of ether oxygens (including phenoxy) is 1. The van der Waals surface area contributed by atoms with Crippen LogP contribution in [0.1, 0.15) is 31.0 Å². The number of alkyl halides is 3. The SMILES string of the molecule is CN=C(NCC(C)C)NCC(c1ccc(C(F)(F)F)cc1)N1CCOCC1. The number of nitrogens with zero attached hydrogens (tertiary/aromatic N) is 2. The summed E-state index contributed by atoms with van der Waals surface area (Å²) in [5, 5.41) is 6.55. The number of nitrogens with one attached hydrogen (secondary N) is 2. The summed E-state index contributed by atoms with van der Waals surface area (Å²) in [5.41, 5.74) is 0.214. The maximum atomic E-state index is 12.9. The first kappa shape index (κ1) is 21.5. The highest BCUT2D eigenvalue weighted by Crippen LogP contribution is 2.31. The van der Waals surface area contributed by atoms with E-state index in [0.29, 0.717) is 31.6 Å². The monoisotopic (exact) mass is 386 g/mol. The molecule has 0 amide bonds. The number of rotatable bonds is 6. The van der Waals surface area contributed by atoms with Crippen LogP contribution in [0.5, 0.6) is 0 Å². The third kappa shape index (κ3) is 6.70. The lowest BCUT2D eigenvalue weighted by atomic mass is 10.0. The van der Waals surface area contributed by atoms with Crippen molar-refractivity contribution in [2.45, 2.75) is 26.1 Å². The van der Waals surface area contributed by atoms with Gasteiger partial charge in [-0.1, -0.05) is 26.0 Å². The van der Waals surface area contributed by atoms with Crippen LogP contribution >= 0.6 is 0 Å². The Labute approximate surface area is 159 Å². The first-order valence-electron chi connectivity index (χ1n) is 9.24. The van der Waals surface area contributed by atoms with Gasteiger partial charge in [0, 0.05) is 33.2 Å². The highest BCUT2D eigenvalue weighted by atomic mass is 19.4. The van der Waals surface area contributed by atoms with Crippen molar-refractivity contribution in [3.63, 3.8) is 0 Å². The van der Waals surface area contributed by atoms with E-state index in [1.54, 1.807) is 19.2 Å². The molecule has 0 aromatic heterocycles. The second-order valence-corrected chi connectivity index (χ2v) is 7.01. The maximum absolute atomic E-state index is 12.9. The average molecular weight is 386 g/mol. The molecule has 1 atom stereocenters. The average Bonchev–Trinajstić information content (AvgIpc) is 2.64. The van der Waals surface area contributed by atoms with Gasteiger partial charge >= 0.3 is 6.18 Å². The predicted molar refractivity (Wildman–Crippen MR) is 101 cm³/mol. The largest absolute Gasteiger partial charge is 0.416 e. The number of halogens is 3. The van der Waals surface area contributed by atoms with Crippen molar-refractivity contribution in [1.82, 2.24) is 15.5 Å². The molecule has 1 aromatic rings. The minimum Gasteiger partial charge on any atom is -0.379 e. The molecule has 1 heterocycles. The lowest BCUT2D eigenvalue weighted by molar-refractivity contribution is -0.137. The second-order valence-electron chi connectivity index (χ2n) is 7.01. The van der Waals surface area contributed by atoms with Gasteiger partial charge in [0.15, 0.2) is 5.96 Å². The highest BCUT2D eigenvalue weighted by molar-refractivity contribution is 5.79. The zero-order valence-electron chi connectivity index (χ0n) is 16.1. The lowest BCUT2D eigenvalue weighted by Gasteiger charge is -2.35. The van der Waals surface area contributed by atoms with E-state index < -0.39 is 11.7 Å². The number of morpholine rings is 1. The van der Waals surface area contributed by atoms with E-state index in [9.17, 15) is 13.2 Å². The molecule has 0 bridgehead atoms. The van der Waals surface area contributed by atoms with E-state index in [0.717, 1.165) is 37.3 Å². The maximum Gasteiger partial charge on any atom is 0.416 e. The molecular formula is C19H29F3N4O. The molecule has 0 radical (unpaired) electrons. The fourth-order valence-corrected chi connectivity index (χ4v) is 2.96. The molecule has 27 heavy (non-hydrogen) atoms. The van der Waals surface area contributed by atoms with Crippen molar-refractivity contribution in [1.29, 1.82) is 0 Å². The summed E-state index contributed by atoms with van der Waals surface area (Å²) in [6, 6.07) is 5.36. The van der Waals surface area contributed by atoms with E-state index in [-0.39, 0.29) is 6.04 Å². The molecule has 1 fully saturated rings. The Balaban J connectivity index is 2.11.